The van der Waals surface area contributed by atoms with E-state index >= 15 is 0 Å². The van der Waals surface area contributed by atoms with Gasteiger partial charge in [-0.15, -0.1) is 0 Å². The lowest BCUT2D eigenvalue weighted by Gasteiger charge is -2.24. The number of hydrogen-bond donors (Lipinski definition) is 0. The fraction of sp³-hybridized carbons (Fsp3) is 0.571. The molecule has 1 aromatic heterocycles. The monoisotopic (exact) mass is 252 g/mol. The van der Waals surface area contributed by atoms with E-state index in [1.165, 1.54) is 4.90 Å². The lowest BCUT2D eigenvalue weighted by Crippen LogP contribution is -2.34. The molecule has 0 saturated carbocycles. The Kier molecular flexibility index (Phi) is 6.37. The van der Waals surface area contributed by atoms with Gasteiger partial charge in [-0.25, -0.2) is 9.78 Å². The van der Waals surface area contributed by atoms with Crippen LogP contribution in [0.1, 0.15) is 40.2 Å². The lowest BCUT2D eigenvalue weighted by molar-refractivity contribution is 0.0588. The fourth-order valence-corrected chi connectivity index (χ4v) is 1.13. The topological polar surface area (TPSA) is 42.4 Å². The van der Waals surface area contributed by atoms with Crippen molar-refractivity contribution < 1.29 is 9.53 Å². The molecule has 1 amide bonds. The second-order valence-electron chi connectivity index (χ2n) is 4.73. The van der Waals surface area contributed by atoms with Gasteiger partial charge in [0.05, 0.1) is 0 Å². The minimum Gasteiger partial charge on any atom is -0.443 e. The average molecular weight is 252 g/mol. The highest BCUT2D eigenvalue weighted by molar-refractivity contribution is 5.86. The number of aryl methyl sites for hydroxylation is 1. The number of ether oxygens (including phenoxy) is 1. The second kappa shape index (κ2) is 6.99. The third-order valence-electron chi connectivity index (χ3n) is 1.91. The van der Waals surface area contributed by atoms with Crippen molar-refractivity contribution in [2.24, 2.45) is 0 Å². The molecule has 0 aliphatic carbocycles. The minimum atomic E-state index is -0.491. The molecule has 102 valence electrons. The van der Waals surface area contributed by atoms with Gasteiger partial charge in [0.2, 0.25) is 0 Å². The maximum absolute atomic E-state index is 11.7. The zero-order valence-corrected chi connectivity index (χ0v) is 12.4. The molecule has 4 heteroatoms. The molecule has 18 heavy (non-hydrogen) atoms. The van der Waals surface area contributed by atoms with Gasteiger partial charge >= 0.3 is 6.09 Å². The van der Waals surface area contributed by atoms with Gasteiger partial charge in [0.25, 0.3) is 0 Å². The Hall–Kier alpha value is -1.58. The van der Waals surface area contributed by atoms with Gasteiger partial charge in [-0.3, -0.25) is 4.90 Å². The van der Waals surface area contributed by atoms with Crippen LogP contribution < -0.4 is 4.90 Å². The van der Waals surface area contributed by atoms with Crippen LogP contribution in [0.25, 0.3) is 0 Å². The normalized spacial score (nSPS) is 10.2. The van der Waals surface area contributed by atoms with E-state index < -0.39 is 11.7 Å². The highest BCUT2D eigenvalue weighted by Crippen LogP contribution is 2.15. The molecule has 0 bridgehead atoms. The molecular formula is C14H24N2O2. The predicted molar refractivity (Wildman–Crippen MR) is 75.0 cm³/mol. The van der Waals surface area contributed by atoms with E-state index in [2.05, 4.69) is 4.98 Å². The first kappa shape index (κ1) is 16.4. The van der Waals surface area contributed by atoms with Crippen LogP contribution in [0.15, 0.2) is 18.3 Å². The van der Waals surface area contributed by atoms with E-state index in [-0.39, 0.29) is 0 Å². The molecular weight excluding hydrogens is 228 g/mol. The Labute approximate surface area is 110 Å². The highest BCUT2D eigenvalue weighted by Gasteiger charge is 2.20. The quantitative estimate of drug-likeness (QED) is 0.763. The summed E-state index contributed by atoms with van der Waals surface area (Å²) >= 11 is 0. The molecule has 0 aromatic carbocycles. The van der Waals surface area contributed by atoms with Gasteiger partial charge in [0.1, 0.15) is 11.4 Å². The maximum atomic E-state index is 11.7. The Bertz CT molecular complexity index is 384. The van der Waals surface area contributed by atoms with E-state index in [0.717, 1.165) is 5.56 Å². The van der Waals surface area contributed by atoms with E-state index in [9.17, 15) is 4.79 Å². The smallest absolute Gasteiger partial charge is 0.415 e. The van der Waals surface area contributed by atoms with E-state index in [4.69, 9.17) is 4.74 Å². The maximum Gasteiger partial charge on any atom is 0.415 e. The van der Waals surface area contributed by atoms with Gasteiger partial charge in [-0.1, -0.05) is 13.8 Å². The summed E-state index contributed by atoms with van der Waals surface area (Å²) in [6.07, 6.45) is 1.27. The van der Waals surface area contributed by atoms with Crippen LogP contribution in [-0.4, -0.2) is 23.7 Å². The summed E-state index contributed by atoms with van der Waals surface area (Å²) in [5.74, 6) is 0.592. The summed E-state index contributed by atoms with van der Waals surface area (Å²) in [6, 6.07) is 3.72. The molecule has 4 nitrogen and oxygen atoms in total. The van der Waals surface area contributed by atoms with Crippen molar-refractivity contribution in [3.05, 3.63) is 23.9 Å². The van der Waals surface area contributed by atoms with E-state index in [1.54, 1.807) is 13.2 Å². The highest BCUT2D eigenvalue weighted by atomic mass is 16.6. The summed E-state index contributed by atoms with van der Waals surface area (Å²) in [4.78, 5) is 17.3. The standard InChI is InChI=1S/C12H18N2O2.C2H6/c1-9-6-7-13-10(8-9)14(5)11(15)16-12(2,3)4;1-2/h6-8H,1-5H3;1-2H3. The first-order valence-electron chi connectivity index (χ1n) is 6.19. The SMILES string of the molecule is CC.Cc1ccnc(N(C)C(=O)OC(C)(C)C)c1. The molecule has 0 aliphatic heterocycles. The van der Waals surface area contributed by atoms with E-state index in [1.807, 2.05) is 53.7 Å². The van der Waals surface area contributed by atoms with Crippen molar-refractivity contribution in [2.75, 3.05) is 11.9 Å². The van der Waals surface area contributed by atoms with Crippen molar-refractivity contribution in [2.45, 2.75) is 47.1 Å². The second-order valence-corrected chi connectivity index (χ2v) is 4.73. The average Bonchev–Trinajstić information content (AvgIpc) is 2.28. The van der Waals surface area contributed by atoms with Crippen LogP contribution in [-0.2, 0) is 4.74 Å². The number of carbonyl (C=O) groups is 1. The summed E-state index contributed by atoms with van der Waals surface area (Å²) in [5, 5.41) is 0. The molecule has 0 saturated heterocycles. The molecule has 0 aliphatic rings. The number of hydrogen-bond acceptors (Lipinski definition) is 3. The summed E-state index contributed by atoms with van der Waals surface area (Å²) in [6.45, 7) is 11.5. The molecule has 1 rings (SSSR count). The number of amides is 1. The fourth-order valence-electron chi connectivity index (χ4n) is 1.13. The van der Waals surface area contributed by atoms with Crippen molar-refractivity contribution in [3.63, 3.8) is 0 Å². The summed E-state index contributed by atoms with van der Waals surface area (Å²) in [5.41, 5.74) is 0.565. The summed E-state index contributed by atoms with van der Waals surface area (Å²) in [7, 11) is 1.65. The minimum absolute atomic E-state index is 0.398. The molecule has 0 atom stereocenters. The molecule has 1 aromatic rings. The number of anilines is 1. The van der Waals surface area contributed by atoms with Crippen LogP contribution >= 0.6 is 0 Å². The number of rotatable bonds is 1. The van der Waals surface area contributed by atoms with Crippen LogP contribution in [0.3, 0.4) is 0 Å². The van der Waals surface area contributed by atoms with Crippen molar-refractivity contribution in [1.82, 2.24) is 4.98 Å². The first-order chi connectivity index (χ1) is 8.29. The number of carbonyl (C=O) groups excluding carboxylic acids is 1. The Morgan fingerprint density at radius 2 is 1.89 bits per heavy atom. The third kappa shape index (κ3) is 5.66. The van der Waals surface area contributed by atoms with Crippen LogP contribution in [0, 0.1) is 6.92 Å². The molecule has 0 spiro atoms. The molecule has 0 N–H and O–H groups in total. The first-order valence-corrected chi connectivity index (χ1v) is 6.19. The molecule has 0 unspecified atom stereocenters. The molecule has 0 fully saturated rings. The lowest BCUT2D eigenvalue weighted by atomic mass is 10.2. The zero-order chi connectivity index (χ0) is 14.3. The van der Waals surface area contributed by atoms with Crippen LogP contribution in [0.2, 0.25) is 0 Å². The van der Waals surface area contributed by atoms with Gasteiger partial charge in [-0.2, -0.15) is 0 Å². The van der Waals surface area contributed by atoms with Crippen molar-refractivity contribution in [1.29, 1.82) is 0 Å². The third-order valence-corrected chi connectivity index (χ3v) is 1.91. The molecule has 0 radical (unpaired) electrons. The Morgan fingerprint density at radius 3 is 2.33 bits per heavy atom. The van der Waals surface area contributed by atoms with Gasteiger partial charge in [0, 0.05) is 13.2 Å². The molecule has 1 heterocycles. The summed E-state index contributed by atoms with van der Waals surface area (Å²) < 4.78 is 5.24. The largest absolute Gasteiger partial charge is 0.443 e. The van der Waals surface area contributed by atoms with Crippen LogP contribution in [0.4, 0.5) is 10.6 Å². The van der Waals surface area contributed by atoms with Crippen molar-refractivity contribution >= 4 is 11.9 Å². The van der Waals surface area contributed by atoms with Gasteiger partial charge < -0.3 is 4.74 Å². The number of aromatic nitrogens is 1. The Balaban J connectivity index is 0.00000137. The van der Waals surface area contributed by atoms with Gasteiger partial charge in [0.15, 0.2) is 0 Å². The van der Waals surface area contributed by atoms with Crippen LogP contribution in [0.5, 0.6) is 0 Å². The number of pyridine rings is 1. The zero-order valence-electron chi connectivity index (χ0n) is 12.4. The Morgan fingerprint density at radius 1 is 1.33 bits per heavy atom. The van der Waals surface area contributed by atoms with E-state index in [0.29, 0.717) is 5.82 Å². The van der Waals surface area contributed by atoms with Gasteiger partial charge in [-0.05, 0) is 45.4 Å². The van der Waals surface area contributed by atoms with Crippen molar-refractivity contribution in [3.8, 4) is 0 Å². The predicted octanol–water partition coefficient (Wildman–Crippen LogP) is 3.79. The number of nitrogens with zero attached hydrogens (tertiary/aromatic N) is 2.